The maximum Gasteiger partial charge on any atom is 0.248 e. The van der Waals surface area contributed by atoms with E-state index < -0.39 is 5.91 Å². The van der Waals surface area contributed by atoms with Gasteiger partial charge < -0.3 is 5.73 Å². The molecule has 0 fully saturated rings. The summed E-state index contributed by atoms with van der Waals surface area (Å²) in [6.07, 6.45) is 1.84. The Morgan fingerprint density at radius 3 is 2.94 bits per heavy atom. The Kier molecular flexibility index (Phi) is 2.68. The zero-order valence-corrected chi connectivity index (χ0v) is 8.92. The zero-order valence-electron chi connectivity index (χ0n) is 8.92. The van der Waals surface area contributed by atoms with Gasteiger partial charge in [-0.1, -0.05) is 17.3 Å². The first-order valence-corrected chi connectivity index (χ1v) is 4.90. The van der Waals surface area contributed by atoms with E-state index in [4.69, 9.17) is 5.73 Å². The van der Waals surface area contributed by atoms with Gasteiger partial charge >= 0.3 is 0 Å². The summed E-state index contributed by atoms with van der Waals surface area (Å²) in [6, 6.07) is 7.18. The predicted molar refractivity (Wildman–Crippen MR) is 58.8 cm³/mol. The molecule has 2 N–H and O–H groups in total. The number of amides is 1. The summed E-state index contributed by atoms with van der Waals surface area (Å²) in [4.78, 5) is 11.0. The lowest BCUT2D eigenvalue weighted by atomic mass is 10.1. The monoisotopic (exact) mass is 216 g/mol. The number of nitrogens with zero attached hydrogens (tertiary/aromatic N) is 3. The van der Waals surface area contributed by atoms with E-state index in [1.165, 1.54) is 0 Å². The number of aryl methyl sites for hydroxylation is 1. The van der Waals surface area contributed by atoms with Crippen molar-refractivity contribution in [2.75, 3.05) is 0 Å². The fourth-order valence-corrected chi connectivity index (χ4v) is 1.48. The number of aromatic nitrogens is 3. The third kappa shape index (κ3) is 2.25. The van der Waals surface area contributed by atoms with Crippen LogP contribution in [0.1, 0.15) is 21.6 Å². The SMILES string of the molecule is Cc1cn(Cc2cccc(C(N)=O)c2)nn1. The first-order valence-electron chi connectivity index (χ1n) is 4.90. The van der Waals surface area contributed by atoms with Gasteiger partial charge in [-0.2, -0.15) is 0 Å². The second-order valence-electron chi connectivity index (χ2n) is 3.62. The van der Waals surface area contributed by atoms with E-state index in [2.05, 4.69) is 10.3 Å². The van der Waals surface area contributed by atoms with Gasteiger partial charge in [0.2, 0.25) is 5.91 Å². The maximum atomic E-state index is 11.0. The number of carbonyl (C=O) groups is 1. The number of primary amides is 1. The molecule has 16 heavy (non-hydrogen) atoms. The highest BCUT2D eigenvalue weighted by Crippen LogP contribution is 2.06. The van der Waals surface area contributed by atoms with Gasteiger partial charge in [-0.05, 0) is 24.6 Å². The van der Waals surface area contributed by atoms with Crippen molar-refractivity contribution in [2.45, 2.75) is 13.5 Å². The average molecular weight is 216 g/mol. The van der Waals surface area contributed by atoms with Crippen molar-refractivity contribution >= 4 is 5.91 Å². The maximum absolute atomic E-state index is 11.0. The van der Waals surface area contributed by atoms with Gasteiger partial charge in [0, 0.05) is 11.8 Å². The number of carbonyl (C=O) groups excluding carboxylic acids is 1. The fraction of sp³-hybridized carbons (Fsp3) is 0.182. The van der Waals surface area contributed by atoms with Crippen molar-refractivity contribution in [1.82, 2.24) is 15.0 Å². The Morgan fingerprint density at radius 1 is 1.50 bits per heavy atom. The first-order chi connectivity index (χ1) is 7.65. The minimum Gasteiger partial charge on any atom is -0.366 e. The molecule has 1 aromatic carbocycles. The number of hydrogen-bond donors (Lipinski definition) is 1. The highest BCUT2D eigenvalue weighted by atomic mass is 16.1. The molecule has 0 spiro atoms. The molecule has 5 nitrogen and oxygen atoms in total. The van der Waals surface area contributed by atoms with Crippen LogP contribution in [0.3, 0.4) is 0 Å². The Morgan fingerprint density at radius 2 is 2.31 bits per heavy atom. The van der Waals surface area contributed by atoms with E-state index in [0.717, 1.165) is 11.3 Å². The minimum atomic E-state index is -0.420. The molecular weight excluding hydrogens is 204 g/mol. The molecule has 0 radical (unpaired) electrons. The molecule has 82 valence electrons. The van der Waals surface area contributed by atoms with Crippen LogP contribution in [0.15, 0.2) is 30.5 Å². The smallest absolute Gasteiger partial charge is 0.248 e. The molecule has 0 saturated carbocycles. The lowest BCUT2D eigenvalue weighted by molar-refractivity contribution is 0.1000. The van der Waals surface area contributed by atoms with E-state index >= 15 is 0 Å². The normalized spacial score (nSPS) is 10.3. The van der Waals surface area contributed by atoms with Crippen LogP contribution in [0.5, 0.6) is 0 Å². The van der Waals surface area contributed by atoms with E-state index in [9.17, 15) is 4.79 Å². The Labute approximate surface area is 92.9 Å². The highest BCUT2D eigenvalue weighted by molar-refractivity contribution is 5.92. The topological polar surface area (TPSA) is 73.8 Å². The molecule has 0 unspecified atom stereocenters. The number of hydrogen-bond acceptors (Lipinski definition) is 3. The first kappa shape index (κ1) is 10.4. The molecule has 5 heteroatoms. The standard InChI is InChI=1S/C11H12N4O/c1-8-6-15(14-13-8)7-9-3-2-4-10(5-9)11(12)16/h2-6H,7H2,1H3,(H2,12,16). The van der Waals surface area contributed by atoms with Crippen LogP contribution >= 0.6 is 0 Å². The van der Waals surface area contributed by atoms with Crippen molar-refractivity contribution in [3.05, 3.63) is 47.3 Å². The Hall–Kier alpha value is -2.17. The number of nitrogens with two attached hydrogens (primary N) is 1. The van der Waals surface area contributed by atoms with Crippen LogP contribution in [0.2, 0.25) is 0 Å². The van der Waals surface area contributed by atoms with Crippen molar-refractivity contribution in [3.8, 4) is 0 Å². The van der Waals surface area contributed by atoms with Gasteiger partial charge in [-0.25, -0.2) is 4.68 Å². The molecular formula is C11H12N4O. The summed E-state index contributed by atoms with van der Waals surface area (Å²) in [6.45, 7) is 2.46. The molecule has 0 aliphatic carbocycles. The van der Waals surface area contributed by atoms with Crippen LogP contribution in [-0.2, 0) is 6.54 Å². The third-order valence-corrected chi connectivity index (χ3v) is 2.21. The van der Waals surface area contributed by atoms with Gasteiger partial charge in [0.1, 0.15) is 0 Å². The fourth-order valence-electron chi connectivity index (χ4n) is 1.48. The molecule has 2 aromatic rings. The van der Waals surface area contributed by atoms with Crippen LogP contribution in [0, 0.1) is 6.92 Å². The number of rotatable bonds is 3. The summed E-state index contributed by atoms with van der Waals surface area (Å²) >= 11 is 0. The third-order valence-electron chi connectivity index (χ3n) is 2.21. The van der Waals surface area contributed by atoms with E-state index in [0.29, 0.717) is 12.1 Å². The largest absolute Gasteiger partial charge is 0.366 e. The average Bonchev–Trinajstić information content (AvgIpc) is 2.64. The summed E-state index contributed by atoms with van der Waals surface area (Å²) in [7, 11) is 0. The summed E-state index contributed by atoms with van der Waals surface area (Å²) in [5.41, 5.74) is 7.56. The molecule has 0 bridgehead atoms. The summed E-state index contributed by atoms with van der Waals surface area (Å²) in [5.74, 6) is -0.420. The van der Waals surface area contributed by atoms with Crippen molar-refractivity contribution < 1.29 is 4.79 Å². The van der Waals surface area contributed by atoms with E-state index in [1.807, 2.05) is 19.2 Å². The lowest BCUT2D eigenvalue weighted by Gasteiger charge is -2.02. The Bertz CT molecular complexity index is 518. The van der Waals surface area contributed by atoms with Crippen molar-refractivity contribution in [1.29, 1.82) is 0 Å². The van der Waals surface area contributed by atoms with Crippen LogP contribution in [0.4, 0.5) is 0 Å². The quantitative estimate of drug-likeness (QED) is 0.822. The van der Waals surface area contributed by atoms with Gasteiger partial charge in [-0.3, -0.25) is 4.79 Å². The second kappa shape index (κ2) is 4.14. The Balaban J connectivity index is 2.21. The molecule has 1 heterocycles. The molecule has 1 aromatic heterocycles. The van der Waals surface area contributed by atoms with Crippen LogP contribution in [0.25, 0.3) is 0 Å². The molecule has 0 saturated heterocycles. The van der Waals surface area contributed by atoms with Gasteiger partial charge in [0.25, 0.3) is 0 Å². The number of benzene rings is 1. The molecule has 1 amide bonds. The van der Waals surface area contributed by atoms with Crippen LogP contribution in [-0.4, -0.2) is 20.9 Å². The summed E-state index contributed by atoms with van der Waals surface area (Å²) < 4.78 is 1.72. The van der Waals surface area contributed by atoms with E-state index in [-0.39, 0.29) is 0 Å². The zero-order chi connectivity index (χ0) is 11.5. The second-order valence-corrected chi connectivity index (χ2v) is 3.62. The predicted octanol–water partition coefficient (Wildman–Crippen LogP) is 0.734. The lowest BCUT2D eigenvalue weighted by Crippen LogP contribution is -2.11. The van der Waals surface area contributed by atoms with Gasteiger partial charge in [0.15, 0.2) is 0 Å². The molecule has 0 aliphatic heterocycles. The van der Waals surface area contributed by atoms with Crippen molar-refractivity contribution in [3.63, 3.8) is 0 Å². The van der Waals surface area contributed by atoms with Crippen molar-refractivity contribution in [2.24, 2.45) is 5.73 Å². The minimum absolute atomic E-state index is 0.420. The van der Waals surface area contributed by atoms with Gasteiger partial charge in [0.05, 0.1) is 12.2 Å². The highest BCUT2D eigenvalue weighted by Gasteiger charge is 2.02. The van der Waals surface area contributed by atoms with Crippen LogP contribution < -0.4 is 5.73 Å². The molecule has 0 aliphatic rings. The summed E-state index contributed by atoms with van der Waals surface area (Å²) in [5, 5.41) is 7.83. The molecule has 0 atom stereocenters. The van der Waals surface area contributed by atoms with Gasteiger partial charge in [-0.15, -0.1) is 5.10 Å². The van der Waals surface area contributed by atoms with E-state index in [1.54, 1.807) is 22.9 Å². The molecule has 2 rings (SSSR count).